The maximum atomic E-state index is 13.1. The predicted octanol–water partition coefficient (Wildman–Crippen LogP) is 2.05. The number of phenolic OH excluding ortho intramolecular Hbond substituents is 1. The Bertz CT molecular complexity index is 434. The van der Waals surface area contributed by atoms with E-state index in [0.29, 0.717) is 0 Å². The van der Waals surface area contributed by atoms with E-state index >= 15 is 0 Å². The van der Waals surface area contributed by atoms with E-state index < -0.39 is 31.1 Å². The van der Waals surface area contributed by atoms with Crippen LogP contribution in [0.1, 0.15) is 0 Å². The number of rotatable bonds is 4. The largest absolute Gasteiger partial charge is 0.508 e. The number of carbonyl (C=O) groups excluding carboxylic acids is 1. The highest BCUT2D eigenvalue weighted by Crippen LogP contribution is 2.19. The molecule has 0 aliphatic rings. The summed E-state index contributed by atoms with van der Waals surface area (Å²) < 4.78 is 52.3. The van der Waals surface area contributed by atoms with Crippen molar-refractivity contribution in [2.75, 3.05) is 18.5 Å². The molecule has 0 saturated heterocycles. The average Bonchev–Trinajstić information content (AvgIpc) is 2.20. The first kappa shape index (κ1) is 14.2. The van der Waals surface area contributed by atoms with Gasteiger partial charge in [0.15, 0.2) is 0 Å². The number of aromatic hydroxyl groups is 1. The van der Waals surface area contributed by atoms with Crippen LogP contribution in [0.15, 0.2) is 18.2 Å². The summed E-state index contributed by atoms with van der Waals surface area (Å²) in [5, 5.41) is 10.9. The lowest BCUT2D eigenvalue weighted by atomic mass is 10.3. The molecule has 18 heavy (non-hydrogen) atoms. The maximum Gasteiger partial charge on any atom is 0.411 e. The van der Waals surface area contributed by atoms with Crippen LogP contribution in [0.3, 0.4) is 0 Å². The molecule has 0 bridgehead atoms. The van der Waals surface area contributed by atoms with Gasteiger partial charge in [0.2, 0.25) is 5.91 Å². The van der Waals surface area contributed by atoms with Crippen LogP contribution in [0.5, 0.6) is 5.75 Å². The quantitative estimate of drug-likeness (QED) is 0.648. The molecule has 1 aromatic rings. The molecule has 0 aliphatic carbocycles. The zero-order valence-corrected chi connectivity index (χ0v) is 8.92. The summed E-state index contributed by atoms with van der Waals surface area (Å²) in [5.41, 5.74) is -0.256. The predicted molar refractivity (Wildman–Crippen MR) is 53.6 cm³/mol. The van der Waals surface area contributed by atoms with Crippen molar-refractivity contribution in [3.05, 3.63) is 24.0 Å². The maximum absolute atomic E-state index is 13.1. The zero-order valence-electron chi connectivity index (χ0n) is 8.92. The molecule has 0 atom stereocenters. The summed E-state index contributed by atoms with van der Waals surface area (Å²) >= 11 is 0. The Kier molecular flexibility index (Phi) is 4.49. The van der Waals surface area contributed by atoms with E-state index in [1.807, 2.05) is 5.32 Å². The average molecular weight is 267 g/mol. The van der Waals surface area contributed by atoms with Crippen LogP contribution in [-0.4, -0.2) is 30.4 Å². The Morgan fingerprint density at radius 2 is 2.06 bits per heavy atom. The van der Waals surface area contributed by atoms with Gasteiger partial charge in [0, 0.05) is 6.07 Å². The fourth-order valence-corrected chi connectivity index (χ4v) is 1.05. The van der Waals surface area contributed by atoms with Gasteiger partial charge >= 0.3 is 6.18 Å². The van der Waals surface area contributed by atoms with E-state index in [9.17, 15) is 22.4 Å². The van der Waals surface area contributed by atoms with Crippen molar-refractivity contribution in [2.45, 2.75) is 6.18 Å². The highest BCUT2D eigenvalue weighted by atomic mass is 19.4. The number of anilines is 1. The first-order valence-electron chi connectivity index (χ1n) is 4.71. The monoisotopic (exact) mass is 267 g/mol. The molecule has 0 aromatic heterocycles. The number of amides is 1. The highest BCUT2D eigenvalue weighted by Gasteiger charge is 2.27. The van der Waals surface area contributed by atoms with Gasteiger partial charge in [-0.05, 0) is 12.1 Å². The molecule has 1 rings (SSSR count). The molecular formula is C10H9F4NO3. The molecule has 1 amide bonds. The van der Waals surface area contributed by atoms with Gasteiger partial charge in [-0.2, -0.15) is 13.2 Å². The van der Waals surface area contributed by atoms with Gasteiger partial charge in [0.25, 0.3) is 0 Å². The van der Waals surface area contributed by atoms with E-state index in [0.717, 1.165) is 18.2 Å². The molecule has 1 aromatic carbocycles. The number of ether oxygens (including phenoxy) is 1. The van der Waals surface area contributed by atoms with Gasteiger partial charge in [0.05, 0.1) is 5.69 Å². The summed E-state index contributed by atoms with van der Waals surface area (Å²) in [6.07, 6.45) is -4.52. The van der Waals surface area contributed by atoms with E-state index in [-0.39, 0.29) is 11.4 Å². The molecule has 0 radical (unpaired) electrons. The van der Waals surface area contributed by atoms with Crippen LogP contribution < -0.4 is 5.32 Å². The Labute approximate surface area is 99.2 Å². The zero-order chi connectivity index (χ0) is 13.8. The van der Waals surface area contributed by atoms with Gasteiger partial charge < -0.3 is 15.2 Å². The topological polar surface area (TPSA) is 58.6 Å². The molecule has 8 heteroatoms. The van der Waals surface area contributed by atoms with E-state index in [1.165, 1.54) is 0 Å². The minimum Gasteiger partial charge on any atom is -0.508 e. The Morgan fingerprint density at radius 1 is 1.39 bits per heavy atom. The van der Waals surface area contributed by atoms with Gasteiger partial charge in [0.1, 0.15) is 24.8 Å². The summed E-state index contributed by atoms with van der Waals surface area (Å²) in [7, 11) is 0. The van der Waals surface area contributed by atoms with Gasteiger partial charge in [-0.3, -0.25) is 4.79 Å². The Hall–Kier alpha value is -1.83. The number of alkyl halides is 3. The molecule has 4 nitrogen and oxygen atoms in total. The number of phenols is 1. The second-order valence-corrected chi connectivity index (χ2v) is 3.32. The highest BCUT2D eigenvalue weighted by molar-refractivity contribution is 5.91. The number of halogens is 4. The number of hydrogen-bond donors (Lipinski definition) is 2. The van der Waals surface area contributed by atoms with Crippen LogP contribution >= 0.6 is 0 Å². The second kappa shape index (κ2) is 5.67. The molecule has 100 valence electrons. The number of carbonyl (C=O) groups is 1. The second-order valence-electron chi connectivity index (χ2n) is 3.32. The fourth-order valence-electron chi connectivity index (χ4n) is 1.05. The molecule has 2 N–H and O–H groups in total. The van der Waals surface area contributed by atoms with Crippen molar-refractivity contribution in [3.63, 3.8) is 0 Å². The summed E-state index contributed by atoms with van der Waals surface area (Å²) in [6.45, 7) is -2.40. The third kappa shape index (κ3) is 5.00. The van der Waals surface area contributed by atoms with Crippen LogP contribution in [-0.2, 0) is 9.53 Å². The van der Waals surface area contributed by atoms with Crippen molar-refractivity contribution in [1.29, 1.82) is 0 Å². The molecule has 0 saturated carbocycles. The van der Waals surface area contributed by atoms with Crippen LogP contribution in [0.2, 0.25) is 0 Å². The Morgan fingerprint density at radius 3 is 2.61 bits per heavy atom. The third-order valence-electron chi connectivity index (χ3n) is 1.73. The normalized spacial score (nSPS) is 11.3. The number of nitrogens with one attached hydrogen (secondary N) is 1. The minimum absolute atomic E-state index is 0.256. The molecule has 0 heterocycles. The molecular weight excluding hydrogens is 258 g/mol. The smallest absolute Gasteiger partial charge is 0.411 e. The third-order valence-corrected chi connectivity index (χ3v) is 1.73. The van der Waals surface area contributed by atoms with Crippen molar-refractivity contribution >= 4 is 11.6 Å². The first-order chi connectivity index (χ1) is 8.28. The van der Waals surface area contributed by atoms with Crippen LogP contribution in [0, 0.1) is 5.82 Å². The van der Waals surface area contributed by atoms with Crippen LogP contribution in [0.4, 0.5) is 23.2 Å². The van der Waals surface area contributed by atoms with Crippen molar-refractivity contribution in [1.82, 2.24) is 0 Å². The van der Waals surface area contributed by atoms with Gasteiger partial charge in [-0.1, -0.05) is 0 Å². The van der Waals surface area contributed by atoms with E-state index in [4.69, 9.17) is 5.11 Å². The van der Waals surface area contributed by atoms with Crippen LogP contribution in [0.25, 0.3) is 0 Å². The molecule has 0 aliphatic heterocycles. The summed E-state index contributed by atoms with van der Waals surface area (Å²) in [6, 6.07) is 2.95. The van der Waals surface area contributed by atoms with Gasteiger partial charge in [-0.25, -0.2) is 4.39 Å². The first-order valence-corrected chi connectivity index (χ1v) is 4.71. The standard InChI is InChI=1S/C10H9F4NO3/c11-7-3-6(16)1-2-8(7)15-9(17)4-18-5-10(12,13)14/h1-3,16H,4-5H2,(H,15,17). The molecule has 0 fully saturated rings. The molecule has 0 unspecified atom stereocenters. The van der Waals surface area contributed by atoms with Gasteiger partial charge in [-0.15, -0.1) is 0 Å². The lowest BCUT2D eigenvalue weighted by molar-refractivity contribution is -0.174. The minimum atomic E-state index is -4.52. The Balaban J connectivity index is 2.45. The fraction of sp³-hybridized carbons (Fsp3) is 0.300. The summed E-state index contributed by atoms with van der Waals surface area (Å²) in [4.78, 5) is 11.1. The van der Waals surface area contributed by atoms with Crippen molar-refractivity contribution < 1.29 is 32.2 Å². The number of hydrogen-bond acceptors (Lipinski definition) is 3. The molecule has 0 spiro atoms. The van der Waals surface area contributed by atoms with E-state index in [1.54, 1.807) is 0 Å². The van der Waals surface area contributed by atoms with E-state index in [2.05, 4.69) is 4.74 Å². The van der Waals surface area contributed by atoms with Crippen molar-refractivity contribution in [2.24, 2.45) is 0 Å². The SMILES string of the molecule is O=C(COCC(F)(F)F)Nc1ccc(O)cc1F. The van der Waals surface area contributed by atoms with Crippen molar-refractivity contribution in [3.8, 4) is 5.75 Å². The number of benzene rings is 1. The lowest BCUT2D eigenvalue weighted by Crippen LogP contribution is -2.24. The summed E-state index contributed by atoms with van der Waals surface area (Å²) in [5.74, 6) is -2.16. The lowest BCUT2D eigenvalue weighted by Gasteiger charge is -2.09.